The number of fused-ring (bicyclic) bond motifs is 2. The van der Waals surface area contributed by atoms with Crippen molar-refractivity contribution in [3.8, 4) is 11.5 Å². The number of rotatable bonds is 11. The first-order chi connectivity index (χ1) is 26.7. The largest absolute Gasteiger partial charge is 0.493 e. The highest BCUT2D eigenvalue weighted by molar-refractivity contribution is 5.97. The SMILES string of the molecule is COCOc1cc(OCCCCN(Cc2nccn2C(=O)OC(C)(C)C)C(=O)OC(C)(C)C)cc2c1C(=O)O[C@@H](C)[C@H](C)C=CC(O)C1OC(C)(C)O[C@H]1CC=C2. The monoisotopic (exact) mass is 799 g/mol. The van der Waals surface area contributed by atoms with Crippen molar-refractivity contribution in [1.82, 2.24) is 14.5 Å². The minimum absolute atomic E-state index is 0.0123. The van der Waals surface area contributed by atoms with Gasteiger partial charge in [-0.15, -0.1) is 0 Å². The van der Waals surface area contributed by atoms with Crippen LogP contribution in [-0.2, 0) is 35.0 Å². The lowest BCUT2D eigenvalue weighted by Gasteiger charge is -2.27. The van der Waals surface area contributed by atoms with Crippen LogP contribution >= 0.6 is 0 Å². The second-order valence-corrected chi connectivity index (χ2v) is 16.7. The molecule has 3 heterocycles. The number of carbonyl (C=O) groups is 3. The summed E-state index contributed by atoms with van der Waals surface area (Å²) in [6.07, 6.45) is 7.82. The summed E-state index contributed by atoms with van der Waals surface area (Å²) in [4.78, 5) is 45.8. The molecular weight excluding hydrogens is 738 g/mol. The summed E-state index contributed by atoms with van der Waals surface area (Å²) in [6, 6.07) is 3.36. The van der Waals surface area contributed by atoms with Crippen LogP contribution in [0.3, 0.4) is 0 Å². The Bertz CT molecular complexity index is 1740. The van der Waals surface area contributed by atoms with Crippen LogP contribution in [0.15, 0.2) is 42.8 Å². The lowest BCUT2D eigenvalue weighted by Crippen LogP contribution is -2.38. The van der Waals surface area contributed by atoms with Gasteiger partial charge in [-0.2, -0.15) is 0 Å². The van der Waals surface area contributed by atoms with Gasteiger partial charge in [0.2, 0.25) is 0 Å². The first-order valence-electron chi connectivity index (χ1n) is 19.4. The molecule has 2 aliphatic rings. The molecule has 57 heavy (non-hydrogen) atoms. The Hall–Kier alpha value is -4.44. The van der Waals surface area contributed by atoms with Gasteiger partial charge in [0, 0.05) is 38.0 Å². The van der Waals surface area contributed by atoms with E-state index in [4.69, 9.17) is 37.9 Å². The summed E-state index contributed by atoms with van der Waals surface area (Å²) in [5, 5.41) is 11.0. The fourth-order valence-electron chi connectivity index (χ4n) is 6.09. The van der Waals surface area contributed by atoms with Crippen LogP contribution < -0.4 is 9.47 Å². The van der Waals surface area contributed by atoms with E-state index in [1.54, 1.807) is 86.6 Å². The Morgan fingerprint density at radius 1 is 1.02 bits per heavy atom. The van der Waals surface area contributed by atoms with Gasteiger partial charge >= 0.3 is 18.2 Å². The molecule has 0 bridgehead atoms. The maximum absolute atomic E-state index is 13.8. The third kappa shape index (κ3) is 13.6. The zero-order chi connectivity index (χ0) is 42.1. The van der Waals surface area contributed by atoms with Gasteiger partial charge in [0.15, 0.2) is 12.6 Å². The summed E-state index contributed by atoms with van der Waals surface area (Å²) in [6.45, 7) is 18.4. The number of unbranched alkanes of at least 4 members (excludes halogenated alkanes) is 1. The molecule has 15 heteroatoms. The molecule has 1 N–H and O–H groups in total. The Labute approximate surface area is 336 Å². The smallest absolute Gasteiger partial charge is 0.420 e. The Balaban J connectivity index is 1.54. The number of imidazole rings is 1. The summed E-state index contributed by atoms with van der Waals surface area (Å²) in [5.74, 6) is -0.742. The molecule has 1 amide bonds. The van der Waals surface area contributed by atoms with E-state index in [0.29, 0.717) is 36.4 Å². The molecule has 2 unspecified atom stereocenters. The zero-order valence-corrected chi connectivity index (χ0v) is 35.2. The standard InChI is InChI=1S/C42H61N3O12/c1-27-17-18-31(46)36-32(54-42(9,10)55-36)16-14-15-29-23-30(24-33(52-26-50-11)35(29)37(47)53-28(27)2)51-22-13-12-20-44(38(48)56-40(3,4)5)25-34-43-19-21-45(34)39(49)57-41(6,7)8/h14-15,17-19,21,23-24,27-28,31-32,36,46H,12-13,16,20,22,25-26H2,1-11H3/t27-,28+,31?,32+,36?/m1/s1. The van der Waals surface area contributed by atoms with Crippen LogP contribution in [0, 0.1) is 5.92 Å². The number of amides is 1. The van der Waals surface area contributed by atoms with Crippen LogP contribution in [0.2, 0.25) is 0 Å². The second kappa shape index (κ2) is 19.3. The quantitative estimate of drug-likeness (QED) is 0.0793. The van der Waals surface area contributed by atoms with Crippen LogP contribution in [-0.4, -0.2) is 106 Å². The van der Waals surface area contributed by atoms with Gasteiger partial charge in [0.1, 0.15) is 52.4 Å². The molecule has 0 spiro atoms. The van der Waals surface area contributed by atoms with Crippen molar-refractivity contribution in [3.63, 3.8) is 0 Å². The van der Waals surface area contributed by atoms with Gasteiger partial charge in [-0.3, -0.25) is 0 Å². The van der Waals surface area contributed by atoms with Gasteiger partial charge in [-0.25, -0.2) is 23.9 Å². The maximum Gasteiger partial charge on any atom is 0.420 e. The normalized spacial score (nSPS) is 22.5. The number of nitrogens with zero attached hydrogens (tertiary/aromatic N) is 3. The van der Waals surface area contributed by atoms with Gasteiger partial charge < -0.3 is 47.9 Å². The number of cyclic esters (lactones) is 1. The zero-order valence-electron chi connectivity index (χ0n) is 35.2. The summed E-state index contributed by atoms with van der Waals surface area (Å²) < 4.78 is 47.9. The number of esters is 1. The summed E-state index contributed by atoms with van der Waals surface area (Å²) in [5.41, 5.74) is -0.767. The topological polar surface area (TPSA) is 166 Å². The van der Waals surface area contributed by atoms with E-state index in [9.17, 15) is 19.5 Å². The minimum atomic E-state index is -0.934. The molecule has 0 radical (unpaired) electrons. The molecule has 1 saturated heterocycles. The Morgan fingerprint density at radius 2 is 1.74 bits per heavy atom. The van der Waals surface area contributed by atoms with Crippen molar-refractivity contribution >= 4 is 24.2 Å². The molecule has 5 atom stereocenters. The van der Waals surface area contributed by atoms with Crippen LogP contribution in [0.5, 0.6) is 11.5 Å². The van der Waals surface area contributed by atoms with E-state index < -0.39 is 59.6 Å². The minimum Gasteiger partial charge on any atom is -0.493 e. The molecule has 15 nitrogen and oxygen atoms in total. The van der Waals surface area contributed by atoms with Crippen LogP contribution in [0.1, 0.15) is 110 Å². The van der Waals surface area contributed by atoms with Gasteiger partial charge in [-0.1, -0.05) is 31.2 Å². The molecule has 1 fully saturated rings. The van der Waals surface area contributed by atoms with E-state index in [0.717, 1.165) is 0 Å². The second-order valence-electron chi connectivity index (χ2n) is 16.7. The van der Waals surface area contributed by atoms with Crippen molar-refractivity contribution < 1.29 is 57.4 Å². The number of aromatic nitrogens is 2. The highest BCUT2D eigenvalue weighted by Crippen LogP contribution is 2.35. The van der Waals surface area contributed by atoms with Gasteiger partial charge in [-0.05, 0) is 93.2 Å². The van der Waals surface area contributed by atoms with E-state index >= 15 is 0 Å². The highest BCUT2D eigenvalue weighted by Gasteiger charge is 2.43. The number of ether oxygens (including phenoxy) is 8. The molecule has 0 saturated carbocycles. The van der Waals surface area contributed by atoms with E-state index in [2.05, 4.69) is 4.98 Å². The van der Waals surface area contributed by atoms with Gasteiger partial charge in [0.25, 0.3) is 0 Å². The Morgan fingerprint density at radius 3 is 2.42 bits per heavy atom. The first-order valence-corrected chi connectivity index (χ1v) is 19.4. The predicted octanol–water partition coefficient (Wildman–Crippen LogP) is 7.28. The molecule has 2 aliphatic heterocycles. The lowest BCUT2D eigenvalue weighted by molar-refractivity contribution is -0.152. The molecule has 4 rings (SSSR count). The number of benzene rings is 1. The number of methoxy groups -OCH3 is 1. The van der Waals surface area contributed by atoms with E-state index in [1.807, 2.05) is 19.1 Å². The van der Waals surface area contributed by atoms with Crippen molar-refractivity contribution in [2.45, 2.75) is 136 Å². The molecular formula is C42H61N3O12. The first kappa shape index (κ1) is 45.3. The van der Waals surface area contributed by atoms with Crippen molar-refractivity contribution in [1.29, 1.82) is 0 Å². The number of carbonyl (C=O) groups excluding carboxylic acids is 3. The number of aliphatic hydroxyl groups is 1. The third-order valence-electron chi connectivity index (χ3n) is 8.89. The molecule has 316 valence electrons. The predicted molar refractivity (Wildman–Crippen MR) is 211 cm³/mol. The van der Waals surface area contributed by atoms with E-state index in [1.165, 1.54) is 29.0 Å². The molecule has 2 aromatic rings. The van der Waals surface area contributed by atoms with Crippen molar-refractivity contribution in [3.05, 3.63) is 59.7 Å². The average molecular weight is 800 g/mol. The van der Waals surface area contributed by atoms with Crippen LogP contribution in [0.4, 0.5) is 9.59 Å². The third-order valence-corrected chi connectivity index (χ3v) is 8.89. The van der Waals surface area contributed by atoms with Crippen LogP contribution in [0.25, 0.3) is 6.08 Å². The Kier molecular flexibility index (Phi) is 15.4. The number of hydrogen-bond donors (Lipinski definition) is 1. The summed E-state index contributed by atoms with van der Waals surface area (Å²) >= 11 is 0. The summed E-state index contributed by atoms with van der Waals surface area (Å²) in [7, 11) is 1.48. The average Bonchev–Trinajstić information content (AvgIpc) is 3.69. The van der Waals surface area contributed by atoms with Gasteiger partial charge in [0.05, 0.1) is 19.3 Å². The fraction of sp³-hybridized carbons (Fsp3) is 0.619. The lowest BCUT2D eigenvalue weighted by atomic mass is 9.99. The number of aliphatic hydroxyl groups excluding tert-OH is 1. The molecule has 1 aromatic carbocycles. The van der Waals surface area contributed by atoms with Crippen molar-refractivity contribution in [2.75, 3.05) is 27.1 Å². The number of hydrogen-bond acceptors (Lipinski definition) is 13. The highest BCUT2D eigenvalue weighted by atomic mass is 16.8. The molecule has 0 aliphatic carbocycles. The van der Waals surface area contributed by atoms with E-state index in [-0.39, 0.29) is 43.7 Å². The van der Waals surface area contributed by atoms with Crippen molar-refractivity contribution in [2.24, 2.45) is 5.92 Å². The molecule has 1 aromatic heterocycles. The fourth-order valence-corrected chi connectivity index (χ4v) is 6.09. The maximum atomic E-state index is 13.8.